The first-order valence-electron chi connectivity index (χ1n) is 5.11. The first kappa shape index (κ1) is 13.2. The lowest BCUT2D eigenvalue weighted by molar-refractivity contribution is 0.474. The van der Waals surface area contributed by atoms with Crippen molar-refractivity contribution in [2.45, 2.75) is 6.54 Å². The highest BCUT2D eigenvalue weighted by Crippen LogP contribution is 2.14. The van der Waals surface area contributed by atoms with E-state index in [0.29, 0.717) is 6.54 Å². The van der Waals surface area contributed by atoms with E-state index in [-0.39, 0.29) is 18.2 Å². The van der Waals surface area contributed by atoms with Gasteiger partial charge in [0.15, 0.2) is 0 Å². The Labute approximate surface area is 107 Å². The molecule has 3 nitrogen and oxygen atoms in total. The van der Waals surface area contributed by atoms with Crippen molar-refractivity contribution < 1.29 is 5.11 Å². The van der Waals surface area contributed by atoms with Crippen LogP contribution in [-0.2, 0) is 6.54 Å². The number of aromatic hydroxyl groups is 1. The molecule has 0 unspecified atom stereocenters. The predicted molar refractivity (Wildman–Crippen MR) is 73.5 cm³/mol. The van der Waals surface area contributed by atoms with Gasteiger partial charge >= 0.3 is 0 Å². The summed E-state index contributed by atoms with van der Waals surface area (Å²) < 4.78 is 0. The molecular weight excluding hydrogens is 236 g/mol. The van der Waals surface area contributed by atoms with Gasteiger partial charge in [-0.1, -0.05) is 12.1 Å². The second kappa shape index (κ2) is 6.01. The van der Waals surface area contributed by atoms with Crippen LogP contribution in [0.5, 0.6) is 5.75 Å². The van der Waals surface area contributed by atoms with Crippen molar-refractivity contribution in [3.63, 3.8) is 0 Å². The van der Waals surface area contributed by atoms with Crippen LogP contribution in [-0.4, -0.2) is 5.11 Å². The molecule has 2 rings (SSSR count). The molecule has 0 saturated heterocycles. The minimum Gasteiger partial charge on any atom is -0.508 e. The molecule has 2 aromatic rings. The largest absolute Gasteiger partial charge is 0.508 e. The van der Waals surface area contributed by atoms with Gasteiger partial charge in [0.05, 0.1) is 0 Å². The molecule has 90 valence electrons. The zero-order chi connectivity index (χ0) is 11.4. The molecule has 0 radical (unpaired) electrons. The molecule has 0 aliphatic heterocycles. The fraction of sp³-hybridized carbons (Fsp3) is 0.0769. The molecule has 0 atom stereocenters. The van der Waals surface area contributed by atoms with Crippen molar-refractivity contribution in [2.24, 2.45) is 0 Å². The van der Waals surface area contributed by atoms with E-state index in [1.165, 1.54) is 0 Å². The third kappa shape index (κ3) is 3.89. The van der Waals surface area contributed by atoms with Crippen molar-refractivity contribution in [3.8, 4) is 5.75 Å². The molecule has 2 aromatic carbocycles. The third-order valence-corrected chi connectivity index (χ3v) is 2.32. The van der Waals surface area contributed by atoms with Crippen LogP contribution in [0, 0.1) is 0 Å². The molecule has 0 spiro atoms. The highest BCUT2D eigenvalue weighted by atomic mass is 35.5. The number of hydrogen-bond donors (Lipinski definition) is 3. The molecule has 0 amide bonds. The summed E-state index contributed by atoms with van der Waals surface area (Å²) in [5.74, 6) is 0.289. The molecule has 0 aliphatic rings. The van der Waals surface area contributed by atoms with E-state index in [4.69, 9.17) is 5.73 Å². The van der Waals surface area contributed by atoms with Gasteiger partial charge in [0, 0.05) is 17.9 Å². The number of nitrogens with one attached hydrogen (secondary N) is 1. The van der Waals surface area contributed by atoms with E-state index >= 15 is 0 Å². The normalized spacial score (nSPS) is 9.41. The van der Waals surface area contributed by atoms with Crippen LogP contribution >= 0.6 is 12.4 Å². The van der Waals surface area contributed by atoms with Crippen LogP contribution in [0.4, 0.5) is 11.4 Å². The molecule has 0 aromatic heterocycles. The van der Waals surface area contributed by atoms with Crippen molar-refractivity contribution in [2.75, 3.05) is 11.1 Å². The number of hydrogen-bond acceptors (Lipinski definition) is 3. The number of rotatable bonds is 3. The molecule has 0 saturated carbocycles. The number of phenols is 1. The fourth-order valence-electron chi connectivity index (χ4n) is 1.47. The van der Waals surface area contributed by atoms with Gasteiger partial charge in [-0.25, -0.2) is 0 Å². The monoisotopic (exact) mass is 250 g/mol. The lowest BCUT2D eigenvalue weighted by Crippen LogP contribution is -1.99. The van der Waals surface area contributed by atoms with E-state index in [1.54, 1.807) is 12.1 Å². The van der Waals surface area contributed by atoms with Crippen LogP contribution in [0.1, 0.15) is 5.56 Å². The highest BCUT2D eigenvalue weighted by Gasteiger charge is 1.95. The van der Waals surface area contributed by atoms with Crippen LogP contribution < -0.4 is 11.1 Å². The van der Waals surface area contributed by atoms with Gasteiger partial charge < -0.3 is 16.2 Å². The lowest BCUT2D eigenvalue weighted by Gasteiger charge is -2.06. The van der Waals surface area contributed by atoms with Crippen molar-refractivity contribution in [1.82, 2.24) is 0 Å². The van der Waals surface area contributed by atoms with Gasteiger partial charge in [0.2, 0.25) is 0 Å². The molecule has 4 N–H and O–H groups in total. The lowest BCUT2D eigenvalue weighted by atomic mass is 10.2. The van der Waals surface area contributed by atoms with E-state index in [1.807, 2.05) is 36.4 Å². The molecule has 0 aliphatic carbocycles. The smallest absolute Gasteiger partial charge is 0.115 e. The highest BCUT2D eigenvalue weighted by molar-refractivity contribution is 5.85. The second-order valence-electron chi connectivity index (χ2n) is 3.65. The summed E-state index contributed by atoms with van der Waals surface area (Å²) in [6.07, 6.45) is 0. The van der Waals surface area contributed by atoms with Crippen LogP contribution in [0.2, 0.25) is 0 Å². The van der Waals surface area contributed by atoms with Gasteiger partial charge in [0.25, 0.3) is 0 Å². The fourth-order valence-corrected chi connectivity index (χ4v) is 1.47. The maximum absolute atomic E-state index is 9.30. The van der Waals surface area contributed by atoms with Crippen molar-refractivity contribution >= 4 is 23.8 Å². The summed E-state index contributed by atoms with van der Waals surface area (Å²) in [5.41, 5.74) is 8.40. The van der Waals surface area contributed by atoms with Gasteiger partial charge in [-0.2, -0.15) is 0 Å². The number of benzene rings is 2. The predicted octanol–water partition coefficient (Wildman–Crippen LogP) is 3.01. The summed E-state index contributed by atoms with van der Waals surface area (Å²) in [6, 6.07) is 14.8. The summed E-state index contributed by atoms with van der Waals surface area (Å²) in [7, 11) is 0. The maximum atomic E-state index is 9.30. The average molecular weight is 251 g/mol. The van der Waals surface area contributed by atoms with E-state index in [9.17, 15) is 5.11 Å². The van der Waals surface area contributed by atoms with Crippen LogP contribution in [0.15, 0.2) is 48.5 Å². The van der Waals surface area contributed by atoms with E-state index in [2.05, 4.69) is 5.32 Å². The quantitative estimate of drug-likeness (QED) is 0.734. The summed E-state index contributed by atoms with van der Waals surface area (Å²) in [6.45, 7) is 0.679. The Morgan fingerprint density at radius 1 is 1.06 bits per heavy atom. The number of phenolic OH excluding ortho intramolecular Hbond substituents is 1. The number of nitrogens with two attached hydrogens (primary N) is 1. The standard InChI is InChI=1S/C13H14N2O.ClH/c14-11-4-6-12(7-5-11)15-9-10-2-1-3-13(16)8-10;/h1-8,15-16H,9,14H2;1H. The van der Waals surface area contributed by atoms with Gasteiger partial charge in [0.1, 0.15) is 5.75 Å². The Bertz CT molecular complexity index is 471. The Morgan fingerprint density at radius 2 is 1.76 bits per heavy atom. The Hall–Kier alpha value is -1.87. The number of anilines is 2. The number of halogens is 1. The Balaban J connectivity index is 0.00000144. The number of nitrogen functional groups attached to an aromatic ring is 1. The Morgan fingerprint density at radius 3 is 2.41 bits per heavy atom. The SMILES string of the molecule is Cl.Nc1ccc(NCc2cccc(O)c2)cc1. The van der Waals surface area contributed by atoms with Crippen LogP contribution in [0.25, 0.3) is 0 Å². The van der Waals surface area contributed by atoms with Crippen LogP contribution in [0.3, 0.4) is 0 Å². The third-order valence-electron chi connectivity index (χ3n) is 2.32. The zero-order valence-electron chi connectivity index (χ0n) is 9.26. The molecule has 0 heterocycles. The molecule has 0 bridgehead atoms. The first-order chi connectivity index (χ1) is 7.74. The topological polar surface area (TPSA) is 58.3 Å². The summed E-state index contributed by atoms with van der Waals surface area (Å²) >= 11 is 0. The molecular formula is C13H15ClN2O. The van der Waals surface area contributed by atoms with Crippen molar-refractivity contribution in [3.05, 3.63) is 54.1 Å². The summed E-state index contributed by atoms with van der Waals surface area (Å²) in [4.78, 5) is 0. The first-order valence-corrected chi connectivity index (χ1v) is 5.11. The van der Waals surface area contributed by atoms with Gasteiger partial charge in [-0.3, -0.25) is 0 Å². The average Bonchev–Trinajstić information content (AvgIpc) is 2.28. The second-order valence-corrected chi connectivity index (χ2v) is 3.65. The molecule has 17 heavy (non-hydrogen) atoms. The maximum Gasteiger partial charge on any atom is 0.115 e. The molecule has 0 fully saturated rings. The van der Waals surface area contributed by atoms with Gasteiger partial charge in [-0.05, 0) is 42.0 Å². The zero-order valence-corrected chi connectivity index (χ0v) is 10.1. The Kier molecular flexibility index (Phi) is 4.67. The van der Waals surface area contributed by atoms with Crippen molar-refractivity contribution in [1.29, 1.82) is 0 Å². The van der Waals surface area contributed by atoms with E-state index in [0.717, 1.165) is 16.9 Å². The minimum absolute atomic E-state index is 0. The van der Waals surface area contributed by atoms with E-state index < -0.39 is 0 Å². The molecule has 4 heteroatoms. The van der Waals surface area contributed by atoms with Gasteiger partial charge in [-0.15, -0.1) is 12.4 Å². The summed E-state index contributed by atoms with van der Waals surface area (Å²) in [5, 5.41) is 12.6. The minimum atomic E-state index is 0.